The average molecular weight is 316 g/mol. The molecule has 2 N–H and O–H groups in total. The monoisotopic (exact) mass is 315 g/mol. The van der Waals surface area contributed by atoms with E-state index in [0.29, 0.717) is 0 Å². The molecule has 0 unspecified atom stereocenters. The average Bonchev–Trinajstić information content (AvgIpc) is 2.48. The lowest BCUT2D eigenvalue weighted by atomic mass is 9.98. The van der Waals surface area contributed by atoms with Crippen molar-refractivity contribution in [3.05, 3.63) is 34.6 Å². The van der Waals surface area contributed by atoms with E-state index in [1.807, 2.05) is 0 Å². The second-order valence-electron chi connectivity index (χ2n) is 3.44. The zero-order valence-electron chi connectivity index (χ0n) is 18.5. The second kappa shape index (κ2) is 7.68. The van der Waals surface area contributed by atoms with Crippen molar-refractivity contribution in [3.8, 4) is 0 Å². The fraction of sp³-hybridized carbons (Fsp3) is 0.462. The Labute approximate surface area is 136 Å². The summed E-state index contributed by atoms with van der Waals surface area (Å²) >= 11 is 5.65. The molecule has 0 atom stereocenters. The molecule has 3 nitrogen and oxygen atoms in total. The van der Waals surface area contributed by atoms with Crippen molar-refractivity contribution in [3.63, 3.8) is 0 Å². The molecule has 6 heteroatoms. The Bertz CT molecular complexity index is 732. The standard InChI is InChI=1S/C13H16ClFN2O.ClH/c14-11-5-10(6-12(15)7-11)13(18)17-8-9-1-3-16-4-2-9;/h5-7,9,16H,1-4,8H2,(H,17,18);1H/i1D2,2D2,3D2,4D2,9D;. The number of benzene rings is 1. The molecular weight excluding hydrogens is 290 g/mol. The molecule has 0 aliphatic carbocycles. The molecule has 1 fully saturated rings. The van der Waals surface area contributed by atoms with Crippen molar-refractivity contribution in [2.75, 3.05) is 19.5 Å². The molecule has 0 bridgehead atoms. The van der Waals surface area contributed by atoms with Gasteiger partial charge in [-0.05, 0) is 49.8 Å². The molecule has 1 saturated heterocycles. The fourth-order valence-corrected chi connectivity index (χ4v) is 1.54. The van der Waals surface area contributed by atoms with Gasteiger partial charge in [0.2, 0.25) is 0 Å². The summed E-state index contributed by atoms with van der Waals surface area (Å²) < 4.78 is 84.2. The summed E-state index contributed by atoms with van der Waals surface area (Å²) in [6, 6.07) is 2.86. The lowest BCUT2D eigenvalue weighted by Gasteiger charge is -2.22. The zero-order valence-corrected chi connectivity index (χ0v) is 11.1. The molecule has 1 heterocycles. The van der Waals surface area contributed by atoms with Crippen LogP contribution < -0.4 is 10.6 Å². The topological polar surface area (TPSA) is 41.1 Å². The molecule has 106 valence electrons. The smallest absolute Gasteiger partial charge is 0.251 e. The van der Waals surface area contributed by atoms with Gasteiger partial charge in [0.1, 0.15) is 5.82 Å². The van der Waals surface area contributed by atoms with Gasteiger partial charge in [-0.25, -0.2) is 4.39 Å². The van der Waals surface area contributed by atoms with Gasteiger partial charge in [-0.1, -0.05) is 11.6 Å². The van der Waals surface area contributed by atoms with Crippen LogP contribution in [0.25, 0.3) is 0 Å². The van der Waals surface area contributed by atoms with Crippen LogP contribution in [0.4, 0.5) is 4.39 Å². The highest BCUT2D eigenvalue weighted by Gasteiger charge is 2.15. The maximum atomic E-state index is 13.4. The van der Waals surface area contributed by atoms with E-state index in [2.05, 4.69) is 5.32 Å². The lowest BCUT2D eigenvalue weighted by Crippen LogP contribution is -2.36. The first kappa shape index (κ1) is 7.25. The van der Waals surface area contributed by atoms with Crippen LogP contribution >= 0.6 is 24.0 Å². The van der Waals surface area contributed by atoms with E-state index in [0.717, 1.165) is 18.2 Å². The highest BCUT2D eigenvalue weighted by Crippen LogP contribution is 2.15. The Balaban J connectivity index is 0.00000392. The van der Waals surface area contributed by atoms with Crippen LogP contribution in [0.1, 0.15) is 35.4 Å². The van der Waals surface area contributed by atoms with Crippen LogP contribution in [-0.2, 0) is 0 Å². The van der Waals surface area contributed by atoms with Gasteiger partial charge in [0.05, 0.1) is 0 Å². The highest BCUT2D eigenvalue weighted by atomic mass is 35.5. The first-order valence-electron chi connectivity index (χ1n) is 9.52. The molecule has 1 aliphatic rings. The highest BCUT2D eigenvalue weighted by molar-refractivity contribution is 6.31. The first-order valence-corrected chi connectivity index (χ1v) is 5.40. The van der Waals surface area contributed by atoms with Crippen LogP contribution in [0.3, 0.4) is 0 Å². The molecule has 1 amide bonds. The van der Waals surface area contributed by atoms with E-state index < -0.39 is 49.9 Å². The minimum absolute atomic E-state index is 0. The molecule has 0 aromatic heterocycles. The van der Waals surface area contributed by atoms with Gasteiger partial charge in [0, 0.05) is 29.5 Å². The van der Waals surface area contributed by atoms with E-state index in [9.17, 15) is 9.18 Å². The molecule has 0 spiro atoms. The maximum absolute atomic E-state index is 13.4. The van der Waals surface area contributed by atoms with Crippen molar-refractivity contribution in [2.45, 2.75) is 12.7 Å². The molecule has 0 radical (unpaired) electrons. The second-order valence-corrected chi connectivity index (χ2v) is 3.88. The number of hydrogen-bond donors (Lipinski definition) is 2. The molecule has 1 aliphatic heterocycles. The molecule has 19 heavy (non-hydrogen) atoms. The van der Waals surface area contributed by atoms with Crippen LogP contribution in [-0.4, -0.2) is 25.4 Å². The van der Waals surface area contributed by atoms with Crippen molar-refractivity contribution in [1.82, 2.24) is 10.6 Å². The zero-order chi connectivity index (χ0) is 21.1. The number of hydrogen-bond acceptors (Lipinski definition) is 2. The summed E-state index contributed by atoms with van der Waals surface area (Å²) in [6.45, 7) is -7.31. The summed E-state index contributed by atoms with van der Waals surface area (Å²) in [7, 11) is 0. The third kappa shape index (κ3) is 4.97. The minimum Gasteiger partial charge on any atom is -0.352 e. The number of carbonyl (C=O) groups excluding carboxylic acids is 1. The quantitative estimate of drug-likeness (QED) is 0.900. The van der Waals surface area contributed by atoms with Gasteiger partial charge in [-0.3, -0.25) is 4.79 Å². The normalized spacial score (nSPS) is 34.9. The van der Waals surface area contributed by atoms with Gasteiger partial charge in [0.25, 0.3) is 5.91 Å². The van der Waals surface area contributed by atoms with Crippen LogP contribution in [0.2, 0.25) is 5.02 Å². The van der Waals surface area contributed by atoms with E-state index in [-0.39, 0.29) is 23.0 Å². The van der Waals surface area contributed by atoms with Crippen LogP contribution in [0.15, 0.2) is 18.2 Å². The molecule has 1 aromatic carbocycles. The number of amides is 1. The largest absolute Gasteiger partial charge is 0.352 e. The van der Waals surface area contributed by atoms with Crippen molar-refractivity contribution in [2.24, 2.45) is 5.89 Å². The summed E-state index contributed by atoms with van der Waals surface area (Å²) in [5.41, 5.74) is -0.273. The number of halogens is 3. The maximum Gasteiger partial charge on any atom is 0.251 e. The molecule has 0 saturated carbocycles. The van der Waals surface area contributed by atoms with Gasteiger partial charge in [0.15, 0.2) is 0 Å². The van der Waals surface area contributed by atoms with Crippen molar-refractivity contribution in [1.29, 1.82) is 0 Å². The Hall–Kier alpha value is -0.840. The SMILES string of the molecule is Cl.[2H]C1([2H])NC([2H])([2H])C([2H])([2H])C([2H])(CNC(=O)c2cc(F)cc(Cl)c2)C1([2H])[2H]. The lowest BCUT2D eigenvalue weighted by molar-refractivity contribution is 0.0943. The van der Waals surface area contributed by atoms with Crippen molar-refractivity contribution < 1.29 is 21.5 Å². The summed E-state index contributed by atoms with van der Waals surface area (Å²) in [6.07, 6.45) is -6.50. The fourth-order valence-electron chi connectivity index (χ4n) is 1.32. The first-order chi connectivity index (χ1) is 12.0. The Morgan fingerprint density at radius 2 is 2.21 bits per heavy atom. The predicted molar refractivity (Wildman–Crippen MR) is 76.6 cm³/mol. The molecule has 2 rings (SSSR count). The third-order valence-electron chi connectivity index (χ3n) is 2.10. The van der Waals surface area contributed by atoms with E-state index in [4.69, 9.17) is 23.9 Å². The summed E-state index contributed by atoms with van der Waals surface area (Å²) in [4.78, 5) is 12.2. The summed E-state index contributed by atoms with van der Waals surface area (Å²) in [5.74, 6) is -4.90. The number of nitrogens with one attached hydrogen (secondary N) is 2. The van der Waals surface area contributed by atoms with Gasteiger partial charge >= 0.3 is 0 Å². The van der Waals surface area contributed by atoms with Crippen LogP contribution in [0.5, 0.6) is 0 Å². The van der Waals surface area contributed by atoms with E-state index in [1.54, 1.807) is 5.32 Å². The van der Waals surface area contributed by atoms with Gasteiger partial charge < -0.3 is 10.6 Å². The Morgan fingerprint density at radius 1 is 1.53 bits per heavy atom. The molecular formula is C13H17Cl2FN2O. The Kier molecular flexibility index (Phi) is 2.93. The van der Waals surface area contributed by atoms with Gasteiger partial charge in [-0.2, -0.15) is 0 Å². The van der Waals surface area contributed by atoms with Crippen molar-refractivity contribution >= 4 is 29.9 Å². The third-order valence-corrected chi connectivity index (χ3v) is 2.32. The number of piperidine rings is 1. The number of rotatable bonds is 3. The van der Waals surface area contributed by atoms with Crippen LogP contribution in [0, 0.1) is 11.7 Å². The van der Waals surface area contributed by atoms with E-state index in [1.165, 1.54) is 0 Å². The van der Waals surface area contributed by atoms with Gasteiger partial charge in [-0.15, -0.1) is 12.4 Å². The Morgan fingerprint density at radius 3 is 2.84 bits per heavy atom. The van der Waals surface area contributed by atoms with E-state index >= 15 is 0 Å². The minimum atomic E-state index is -3.25. The predicted octanol–water partition coefficient (Wildman–Crippen LogP) is 2.63. The number of carbonyl (C=O) groups is 1. The molecule has 1 aromatic rings. The summed E-state index contributed by atoms with van der Waals surface area (Å²) in [5, 5.41) is 3.58.